The molecule has 0 aromatic carbocycles. The molecule has 0 amide bonds. The second-order valence-electron chi connectivity index (χ2n) is 3.92. The van der Waals surface area contributed by atoms with Crippen LogP contribution in [0, 0.1) is 0 Å². The molecular formula is C14H10N4O. The summed E-state index contributed by atoms with van der Waals surface area (Å²) in [5.74, 6) is 0.672. The molecule has 19 heavy (non-hydrogen) atoms. The third-order valence-electron chi connectivity index (χ3n) is 2.71. The Kier molecular flexibility index (Phi) is 2.86. The lowest BCUT2D eigenvalue weighted by Gasteiger charge is -1.98. The maximum absolute atomic E-state index is 11.2. The minimum atomic E-state index is 0.525. The van der Waals surface area contributed by atoms with E-state index in [9.17, 15) is 4.79 Å². The summed E-state index contributed by atoms with van der Waals surface area (Å²) in [6.45, 7) is 0. The Bertz CT molecular complexity index is 692. The topological polar surface area (TPSA) is 60.7 Å². The van der Waals surface area contributed by atoms with Crippen LogP contribution in [-0.2, 0) is 0 Å². The summed E-state index contributed by atoms with van der Waals surface area (Å²) < 4.78 is 1.60. The highest BCUT2D eigenvalue weighted by Gasteiger charge is 2.11. The van der Waals surface area contributed by atoms with E-state index in [4.69, 9.17) is 0 Å². The van der Waals surface area contributed by atoms with Crippen LogP contribution in [0.1, 0.15) is 10.4 Å². The minimum absolute atomic E-state index is 0.525. The van der Waals surface area contributed by atoms with Crippen molar-refractivity contribution in [2.24, 2.45) is 0 Å². The number of carbonyl (C=O) groups excluding carboxylic acids is 1. The Morgan fingerprint density at radius 1 is 1.05 bits per heavy atom. The van der Waals surface area contributed by atoms with E-state index in [1.807, 2.05) is 30.3 Å². The zero-order valence-electron chi connectivity index (χ0n) is 9.97. The van der Waals surface area contributed by atoms with Crippen molar-refractivity contribution in [2.45, 2.75) is 0 Å². The Labute approximate surface area is 109 Å². The van der Waals surface area contributed by atoms with Gasteiger partial charge in [0.2, 0.25) is 0 Å². The van der Waals surface area contributed by atoms with E-state index in [0.29, 0.717) is 17.1 Å². The number of aromatic nitrogens is 4. The third-order valence-corrected chi connectivity index (χ3v) is 2.71. The molecule has 0 aliphatic carbocycles. The van der Waals surface area contributed by atoms with Crippen molar-refractivity contribution in [1.29, 1.82) is 0 Å². The van der Waals surface area contributed by atoms with Gasteiger partial charge in [-0.25, -0.2) is 9.67 Å². The van der Waals surface area contributed by atoms with E-state index >= 15 is 0 Å². The highest BCUT2D eigenvalue weighted by atomic mass is 16.1. The minimum Gasteiger partial charge on any atom is -0.298 e. The van der Waals surface area contributed by atoms with Gasteiger partial charge in [-0.3, -0.25) is 9.78 Å². The number of nitrogens with zero attached hydrogens (tertiary/aromatic N) is 4. The molecule has 0 aliphatic heterocycles. The lowest BCUT2D eigenvalue weighted by molar-refractivity contribution is 0.112. The van der Waals surface area contributed by atoms with Crippen LogP contribution in [0.15, 0.2) is 55.1 Å². The van der Waals surface area contributed by atoms with Gasteiger partial charge in [0.1, 0.15) is 5.69 Å². The molecule has 5 nitrogen and oxygen atoms in total. The van der Waals surface area contributed by atoms with Crippen molar-refractivity contribution >= 4 is 6.29 Å². The van der Waals surface area contributed by atoms with Gasteiger partial charge in [0, 0.05) is 30.4 Å². The highest BCUT2D eigenvalue weighted by Crippen LogP contribution is 2.21. The molecule has 92 valence electrons. The SMILES string of the molecule is O=Cc1cn(-c2ccccn2)nc1-c1ccncc1. The second kappa shape index (κ2) is 4.81. The molecule has 3 heterocycles. The number of pyridine rings is 2. The van der Waals surface area contributed by atoms with Crippen LogP contribution < -0.4 is 0 Å². The van der Waals surface area contributed by atoms with Gasteiger partial charge in [-0.05, 0) is 24.3 Å². The number of aldehydes is 1. The number of carbonyl (C=O) groups is 1. The van der Waals surface area contributed by atoms with Crippen LogP contribution in [0.2, 0.25) is 0 Å². The van der Waals surface area contributed by atoms with Crippen molar-refractivity contribution in [3.05, 3.63) is 60.7 Å². The molecule has 0 saturated heterocycles. The van der Waals surface area contributed by atoms with Gasteiger partial charge in [0.15, 0.2) is 12.1 Å². The van der Waals surface area contributed by atoms with Gasteiger partial charge in [-0.15, -0.1) is 0 Å². The summed E-state index contributed by atoms with van der Waals surface area (Å²) in [5, 5.41) is 4.42. The Morgan fingerprint density at radius 2 is 1.89 bits per heavy atom. The molecule has 0 aliphatic rings. The van der Waals surface area contributed by atoms with Crippen LogP contribution in [0.3, 0.4) is 0 Å². The molecule has 0 fully saturated rings. The smallest absolute Gasteiger partial charge is 0.153 e. The summed E-state index contributed by atoms with van der Waals surface area (Å²) in [6.07, 6.45) is 7.49. The van der Waals surface area contributed by atoms with Gasteiger partial charge in [0.05, 0.1) is 5.56 Å². The first-order valence-electron chi connectivity index (χ1n) is 5.75. The first kappa shape index (κ1) is 11.3. The summed E-state index contributed by atoms with van der Waals surface area (Å²) in [5.41, 5.74) is 2.01. The largest absolute Gasteiger partial charge is 0.298 e. The number of rotatable bonds is 3. The van der Waals surface area contributed by atoms with Gasteiger partial charge < -0.3 is 0 Å². The summed E-state index contributed by atoms with van der Waals surface area (Å²) in [7, 11) is 0. The fourth-order valence-corrected chi connectivity index (χ4v) is 1.81. The maximum atomic E-state index is 11.2. The molecule has 0 radical (unpaired) electrons. The zero-order chi connectivity index (χ0) is 13.1. The first-order valence-corrected chi connectivity index (χ1v) is 5.75. The molecule has 0 saturated carbocycles. The number of hydrogen-bond donors (Lipinski definition) is 0. The predicted molar refractivity (Wildman–Crippen MR) is 70.0 cm³/mol. The lowest BCUT2D eigenvalue weighted by atomic mass is 10.1. The molecule has 3 aromatic rings. The lowest BCUT2D eigenvalue weighted by Crippen LogP contribution is -1.97. The molecule has 0 N–H and O–H groups in total. The van der Waals surface area contributed by atoms with Gasteiger partial charge in [-0.2, -0.15) is 5.10 Å². The van der Waals surface area contributed by atoms with Crippen molar-refractivity contribution in [2.75, 3.05) is 0 Å². The Balaban J connectivity index is 2.12. The van der Waals surface area contributed by atoms with Crippen molar-refractivity contribution in [1.82, 2.24) is 19.7 Å². The highest BCUT2D eigenvalue weighted by molar-refractivity contribution is 5.85. The quantitative estimate of drug-likeness (QED) is 0.668. The molecule has 3 aromatic heterocycles. The second-order valence-corrected chi connectivity index (χ2v) is 3.92. The molecule has 0 spiro atoms. The fourth-order valence-electron chi connectivity index (χ4n) is 1.81. The standard InChI is InChI=1S/C14H10N4O/c19-10-12-9-18(13-3-1-2-6-16-13)17-14(12)11-4-7-15-8-5-11/h1-10H. The average Bonchev–Trinajstić information content (AvgIpc) is 2.93. The van der Waals surface area contributed by atoms with Crippen molar-refractivity contribution in [3.63, 3.8) is 0 Å². The molecular weight excluding hydrogens is 240 g/mol. The van der Waals surface area contributed by atoms with Crippen molar-refractivity contribution < 1.29 is 4.79 Å². The van der Waals surface area contributed by atoms with Crippen LogP contribution in [0.4, 0.5) is 0 Å². The molecule has 5 heteroatoms. The van der Waals surface area contributed by atoms with Crippen LogP contribution in [0.25, 0.3) is 17.1 Å². The monoisotopic (exact) mass is 250 g/mol. The molecule has 0 atom stereocenters. The van der Waals surface area contributed by atoms with Crippen molar-refractivity contribution in [3.8, 4) is 17.1 Å². The van der Waals surface area contributed by atoms with Crippen LogP contribution in [-0.4, -0.2) is 26.0 Å². The zero-order valence-corrected chi connectivity index (χ0v) is 9.97. The number of hydrogen-bond acceptors (Lipinski definition) is 4. The molecule has 0 bridgehead atoms. The van der Waals surface area contributed by atoms with E-state index in [1.54, 1.807) is 29.5 Å². The van der Waals surface area contributed by atoms with E-state index in [2.05, 4.69) is 15.1 Å². The fraction of sp³-hybridized carbons (Fsp3) is 0. The summed E-state index contributed by atoms with van der Waals surface area (Å²) in [4.78, 5) is 19.3. The Hall–Kier alpha value is -2.82. The Morgan fingerprint density at radius 3 is 2.58 bits per heavy atom. The van der Waals surface area contributed by atoms with E-state index < -0.39 is 0 Å². The van der Waals surface area contributed by atoms with E-state index in [1.165, 1.54) is 0 Å². The van der Waals surface area contributed by atoms with E-state index in [0.717, 1.165) is 11.8 Å². The van der Waals surface area contributed by atoms with Gasteiger partial charge >= 0.3 is 0 Å². The summed E-state index contributed by atoms with van der Waals surface area (Å²) in [6, 6.07) is 9.17. The predicted octanol–water partition coefficient (Wildman–Crippen LogP) is 2.14. The third kappa shape index (κ3) is 2.13. The van der Waals surface area contributed by atoms with Crippen LogP contribution >= 0.6 is 0 Å². The average molecular weight is 250 g/mol. The first-order chi connectivity index (χ1) is 9.38. The van der Waals surface area contributed by atoms with E-state index in [-0.39, 0.29) is 0 Å². The summed E-state index contributed by atoms with van der Waals surface area (Å²) >= 11 is 0. The normalized spacial score (nSPS) is 10.3. The van der Waals surface area contributed by atoms with Gasteiger partial charge in [-0.1, -0.05) is 6.07 Å². The molecule has 0 unspecified atom stereocenters. The van der Waals surface area contributed by atoms with Crippen LogP contribution in [0.5, 0.6) is 0 Å². The maximum Gasteiger partial charge on any atom is 0.153 e. The van der Waals surface area contributed by atoms with Gasteiger partial charge in [0.25, 0.3) is 0 Å². The molecule has 3 rings (SSSR count).